The van der Waals surface area contributed by atoms with Crippen LogP contribution in [0.3, 0.4) is 0 Å². The first-order valence-electron chi connectivity index (χ1n) is 29.8. The number of ether oxygens (including phenoxy) is 3. The van der Waals surface area contributed by atoms with Gasteiger partial charge in [-0.15, -0.1) is 0 Å². The average molecular weight is 1360 g/mol. The SMILES string of the molecule is CN(C)CCCNC(=O)[C@H]1NC(=O)[C@H]2NC(=O)[C@H](NC(=O)[C@@H]3NC(=O)[C@H]4NC(=O)[C@@H](Cc5ccc(c(Cl)c5)Oc5cc3cc(c5O)Oc3ccc(cc3Cl)[C@H]2O)NC(=O)[C@H](NCC(O)CO)c2ccc(O)c(c2)Oc2cc(O)cc4c2)c2ccc(O)c(c2)-c2c(O)cc(O)cc21. The Balaban J connectivity index is 1.11. The van der Waals surface area contributed by atoms with E-state index in [0.717, 1.165) is 54.6 Å². The molecule has 0 spiro atoms. The third kappa shape index (κ3) is 14.2. The highest BCUT2D eigenvalue weighted by molar-refractivity contribution is 6.32. The van der Waals surface area contributed by atoms with Crippen LogP contribution >= 0.6 is 23.2 Å². The zero-order valence-corrected chi connectivity index (χ0v) is 52.2. The van der Waals surface area contributed by atoms with Gasteiger partial charge in [-0.2, -0.15) is 0 Å². The molecule has 1 unspecified atom stereocenters. The number of hydrogen-bond donors (Lipinski definition) is 17. The summed E-state index contributed by atoms with van der Waals surface area (Å²) < 4.78 is 18.7. The van der Waals surface area contributed by atoms with Gasteiger partial charge in [-0.25, -0.2) is 0 Å². The number of nitrogens with zero attached hydrogens (tertiary/aromatic N) is 1. The summed E-state index contributed by atoms with van der Waals surface area (Å²) in [5, 5.41) is 122. The number of hydrogen-bond acceptors (Lipinski definition) is 21. The largest absolute Gasteiger partial charge is 0.508 e. The third-order valence-corrected chi connectivity index (χ3v) is 16.9. The third-order valence-electron chi connectivity index (χ3n) is 16.3. The number of carbonyl (C=O) groups is 7. The molecule has 9 atom stereocenters. The Labute approximate surface area is 555 Å². The van der Waals surface area contributed by atoms with Gasteiger partial charge in [0.05, 0.1) is 22.8 Å². The number of nitrogens with one attached hydrogen (secondary N) is 8. The van der Waals surface area contributed by atoms with Gasteiger partial charge >= 0.3 is 0 Å². The van der Waals surface area contributed by atoms with Crippen LogP contribution in [0.15, 0.2) is 115 Å². The van der Waals surface area contributed by atoms with E-state index >= 15 is 24.0 Å². The molecule has 0 saturated heterocycles. The molecule has 0 aliphatic carbocycles. The molecule has 30 heteroatoms. The Hall–Kier alpha value is -10.6. The molecule has 7 aromatic rings. The molecule has 6 aliphatic heterocycles. The first-order chi connectivity index (χ1) is 45.8. The van der Waals surface area contributed by atoms with Gasteiger partial charge in [0.25, 0.3) is 0 Å². The number of fused-ring (bicyclic) bond motifs is 14. The van der Waals surface area contributed by atoms with Crippen molar-refractivity contribution < 1.29 is 93.7 Å². The molecule has 7 amide bonds. The molecule has 0 radical (unpaired) electrons. The lowest BCUT2D eigenvalue weighted by molar-refractivity contribution is -0.137. The van der Waals surface area contributed by atoms with Crippen LogP contribution in [0.2, 0.25) is 10.0 Å². The van der Waals surface area contributed by atoms with Crippen molar-refractivity contribution in [2.24, 2.45) is 0 Å². The van der Waals surface area contributed by atoms with E-state index in [-0.39, 0.29) is 103 Å². The van der Waals surface area contributed by atoms with Crippen molar-refractivity contribution >= 4 is 64.6 Å². The van der Waals surface area contributed by atoms with Gasteiger partial charge in [-0.3, -0.25) is 38.9 Å². The van der Waals surface area contributed by atoms with E-state index in [1.165, 1.54) is 60.7 Å². The van der Waals surface area contributed by atoms with Gasteiger partial charge in [-0.1, -0.05) is 47.5 Å². The highest BCUT2D eigenvalue weighted by Crippen LogP contribution is 2.48. The summed E-state index contributed by atoms with van der Waals surface area (Å²) in [6.07, 6.45) is -3.46. The maximum atomic E-state index is 15.9. The Morgan fingerprint density at radius 2 is 1.19 bits per heavy atom. The first-order valence-corrected chi connectivity index (χ1v) is 30.6. The molecule has 0 saturated carbocycles. The summed E-state index contributed by atoms with van der Waals surface area (Å²) in [6, 6.07) is 8.99. The number of rotatable bonds is 9. The van der Waals surface area contributed by atoms with Crippen LogP contribution in [0, 0.1) is 0 Å². The first kappa shape index (κ1) is 66.9. The molecule has 0 fully saturated rings. The molecule has 96 heavy (non-hydrogen) atoms. The van der Waals surface area contributed by atoms with Crippen LogP contribution in [0.25, 0.3) is 11.1 Å². The summed E-state index contributed by atoms with van der Waals surface area (Å²) in [5.74, 6) is -13.8. The molecule has 6 aliphatic rings. The fraction of sp³-hybridized carbons (Fsp3) is 0.258. The Kier molecular flexibility index (Phi) is 19.3. The summed E-state index contributed by atoms with van der Waals surface area (Å²) in [4.78, 5) is 109. The second-order valence-corrected chi connectivity index (χ2v) is 24.2. The van der Waals surface area contributed by atoms with Gasteiger partial charge in [-0.05, 0) is 145 Å². The molecule has 17 N–H and O–H groups in total. The molecule has 7 aromatic carbocycles. The number of amides is 7. The van der Waals surface area contributed by atoms with E-state index in [0.29, 0.717) is 13.0 Å². The summed E-state index contributed by atoms with van der Waals surface area (Å²) in [7, 11) is 3.62. The van der Waals surface area contributed by atoms with Crippen molar-refractivity contribution in [3.05, 3.63) is 164 Å². The van der Waals surface area contributed by atoms with Crippen LogP contribution in [0.1, 0.15) is 81.7 Å². The van der Waals surface area contributed by atoms with Gasteiger partial charge in [0.2, 0.25) is 47.1 Å². The smallest absolute Gasteiger partial charge is 0.248 e. The Bertz CT molecular complexity index is 4290. The van der Waals surface area contributed by atoms with Crippen molar-refractivity contribution in [1.82, 2.24) is 47.4 Å². The van der Waals surface area contributed by atoms with Crippen LogP contribution in [0.4, 0.5) is 0 Å². The summed E-state index contributed by atoms with van der Waals surface area (Å²) in [6.45, 7) is -0.542. The zero-order chi connectivity index (χ0) is 68.5. The number of aromatic hydroxyl groups is 6. The van der Waals surface area contributed by atoms with Crippen molar-refractivity contribution in [1.29, 1.82) is 0 Å². The van der Waals surface area contributed by atoms with E-state index in [2.05, 4.69) is 42.5 Å². The van der Waals surface area contributed by atoms with E-state index in [1.807, 2.05) is 19.0 Å². The minimum atomic E-state index is -2.19. The van der Waals surface area contributed by atoms with E-state index in [4.69, 9.17) is 37.4 Å². The number of aliphatic hydroxyl groups is 3. The standard InChI is InChI=1S/C66H63Cl2N9O19/c1-77(2)13-3-12-69-61(88)56-39-24-35(80)25-45(84)51(39)38-18-29(5-8-43(38)82)53-63(90)76-57(66(93)75-56)58(85)31-7-11-47(41(68)19-31)96-50-22-33-21-49(59(50)86)95-46-10-4-28(14-40(46)67)15-42-60(87)72-54(64(91)74-55(33)65(92)73-53)32-16-34(79)23-37(17-32)94-48-20-30(6-9-44(48)83)52(62(89)71-42)70-26-36(81)27-78/h4-11,14,16-25,36,42,52-58,70,78-86H,3,12-13,15,26-27H2,1-2H3,(H,69,88)(H,71,89)(H,72,87)(H,73,92)(H,74,91)(H,75,93)(H,76,90)/t36?,42-,52-,53-,54+,55-,56+,57+,58-/m1/s1. The molecule has 500 valence electrons. The second-order valence-electron chi connectivity index (χ2n) is 23.4. The van der Waals surface area contributed by atoms with Gasteiger partial charge in [0, 0.05) is 42.8 Å². The normalized spacial score (nSPS) is 21.2. The molecule has 6 heterocycles. The maximum Gasteiger partial charge on any atom is 0.248 e. The topological polar surface area (TPSA) is 429 Å². The highest BCUT2D eigenvalue weighted by Gasteiger charge is 2.42. The van der Waals surface area contributed by atoms with Crippen molar-refractivity contribution in [2.45, 2.75) is 67.3 Å². The monoisotopic (exact) mass is 1360 g/mol. The number of halogens is 2. The van der Waals surface area contributed by atoms with Crippen LogP contribution in [0.5, 0.6) is 69.0 Å². The highest BCUT2D eigenvalue weighted by atomic mass is 35.5. The van der Waals surface area contributed by atoms with Crippen LogP contribution in [-0.2, 0) is 40.0 Å². The number of benzene rings is 7. The number of phenolic OH excluding ortho intramolecular Hbond substituents is 6. The number of aliphatic hydroxyl groups excluding tert-OH is 3. The minimum Gasteiger partial charge on any atom is -0.508 e. The van der Waals surface area contributed by atoms with Crippen molar-refractivity contribution in [3.63, 3.8) is 0 Å². The minimum absolute atomic E-state index is 0.0447. The van der Waals surface area contributed by atoms with Gasteiger partial charge < -0.3 is 102 Å². The maximum absolute atomic E-state index is 15.9. The zero-order valence-electron chi connectivity index (χ0n) is 50.7. The molecule has 17 bridgehead atoms. The summed E-state index contributed by atoms with van der Waals surface area (Å²) in [5.41, 5.74) is -1.58. The van der Waals surface area contributed by atoms with E-state index < -0.39 is 148 Å². The molecule has 13 rings (SSSR count). The second kappa shape index (κ2) is 27.8. The Morgan fingerprint density at radius 3 is 1.86 bits per heavy atom. The lowest BCUT2D eigenvalue weighted by atomic mass is 9.89. The van der Waals surface area contributed by atoms with E-state index in [9.17, 15) is 55.5 Å². The van der Waals surface area contributed by atoms with Crippen molar-refractivity contribution in [2.75, 3.05) is 40.3 Å². The molecular formula is C66H63Cl2N9O19. The van der Waals surface area contributed by atoms with Crippen LogP contribution < -0.4 is 56.7 Å². The van der Waals surface area contributed by atoms with Gasteiger partial charge in [0.15, 0.2) is 23.0 Å². The lowest BCUT2D eigenvalue weighted by Crippen LogP contribution is -2.56. The average Bonchev–Trinajstić information content (AvgIpc) is 0.768. The Morgan fingerprint density at radius 1 is 0.583 bits per heavy atom. The van der Waals surface area contributed by atoms with Gasteiger partial charge in [0.1, 0.15) is 88.6 Å². The van der Waals surface area contributed by atoms with Crippen LogP contribution in [-0.4, -0.2) is 151 Å². The number of phenols is 6. The molecular weight excluding hydrogens is 1290 g/mol. The lowest BCUT2D eigenvalue weighted by Gasteiger charge is -2.31. The predicted octanol–water partition coefficient (Wildman–Crippen LogP) is 3.95. The van der Waals surface area contributed by atoms with E-state index in [1.54, 1.807) is 0 Å². The van der Waals surface area contributed by atoms with Crippen molar-refractivity contribution in [3.8, 4) is 80.1 Å². The quantitative estimate of drug-likeness (QED) is 0.0910. The fourth-order valence-corrected chi connectivity index (χ4v) is 11.9. The fourth-order valence-electron chi connectivity index (χ4n) is 11.5. The molecule has 0 aromatic heterocycles. The molecule has 28 nitrogen and oxygen atoms in total. The number of carbonyl (C=O) groups excluding carboxylic acids is 7. The summed E-state index contributed by atoms with van der Waals surface area (Å²) >= 11 is 13.9. The predicted molar refractivity (Wildman–Crippen MR) is 340 cm³/mol.